The van der Waals surface area contributed by atoms with Gasteiger partial charge in [-0.3, -0.25) is 19.3 Å². The van der Waals surface area contributed by atoms with E-state index in [1.807, 2.05) is 28.0 Å². The molecular formula is C58H71N5O9. The topological polar surface area (TPSA) is 185 Å². The second-order valence-electron chi connectivity index (χ2n) is 20.8. The molecule has 382 valence electrons. The first-order chi connectivity index (χ1) is 35.0. The molecule has 4 aromatic carbocycles. The molecule has 5 aromatic rings. The number of phenolic OH excluding ortho intramolecular Hbond substituents is 1. The number of likely N-dealkylation sites (tertiary alicyclic amines) is 3. The molecule has 2 atom stereocenters. The van der Waals surface area contributed by atoms with Crippen molar-refractivity contribution >= 4 is 28.7 Å². The summed E-state index contributed by atoms with van der Waals surface area (Å²) in [5, 5.41) is 37.4. The van der Waals surface area contributed by atoms with Gasteiger partial charge in [-0.1, -0.05) is 78.9 Å². The number of ether oxygens (including phenoxy) is 2. The number of aromatic amines is 1. The van der Waals surface area contributed by atoms with Crippen LogP contribution < -0.4 is 15.6 Å². The fourth-order valence-electron chi connectivity index (χ4n) is 11.4. The van der Waals surface area contributed by atoms with Crippen LogP contribution in [0.25, 0.3) is 10.9 Å². The van der Waals surface area contributed by atoms with Crippen molar-refractivity contribution in [1.29, 1.82) is 0 Å². The number of aliphatic hydroxyl groups excluding tert-OH is 1. The van der Waals surface area contributed by atoms with Crippen molar-refractivity contribution in [1.82, 2.24) is 25.0 Å². The number of nitrogens with one attached hydrogen (secondary N) is 2. The minimum atomic E-state index is -2.02. The van der Waals surface area contributed by atoms with Crippen LogP contribution >= 0.6 is 0 Å². The summed E-state index contributed by atoms with van der Waals surface area (Å²) in [7, 11) is 0. The highest BCUT2D eigenvalue weighted by Gasteiger charge is 2.43. The van der Waals surface area contributed by atoms with E-state index < -0.39 is 17.7 Å². The van der Waals surface area contributed by atoms with Crippen LogP contribution in [0.15, 0.2) is 114 Å². The second-order valence-corrected chi connectivity index (χ2v) is 20.8. The summed E-state index contributed by atoms with van der Waals surface area (Å²) in [5.74, 6) is 0.943. The Morgan fingerprint density at radius 2 is 1.25 bits per heavy atom. The van der Waals surface area contributed by atoms with Gasteiger partial charge >= 0.3 is 5.97 Å². The summed E-state index contributed by atoms with van der Waals surface area (Å²) >= 11 is 0. The summed E-state index contributed by atoms with van der Waals surface area (Å²) in [6.07, 6.45) is 7.30. The van der Waals surface area contributed by atoms with Gasteiger partial charge in [-0.25, -0.2) is 4.79 Å². The van der Waals surface area contributed by atoms with Crippen molar-refractivity contribution in [3.8, 4) is 11.5 Å². The minimum absolute atomic E-state index is 0.0403. The van der Waals surface area contributed by atoms with Gasteiger partial charge in [0, 0.05) is 68.1 Å². The number of aromatic nitrogens is 1. The van der Waals surface area contributed by atoms with E-state index in [0.29, 0.717) is 85.1 Å². The van der Waals surface area contributed by atoms with Gasteiger partial charge in [-0.2, -0.15) is 0 Å². The van der Waals surface area contributed by atoms with Crippen LogP contribution in [0.5, 0.6) is 11.5 Å². The van der Waals surface area contributed by atoms with E-state index in [-0.39, 0.29) is 53.4 Å². The summed E-state index contributed by atoms with van der Waals surface area (Å²) in [4.78, 5) is 62.2. The molecule has 0 unspecified atom stereocenters. The first-order valence-corrected chi connectivity index (χ1v) is 26.3. The van der Waals surface area contributed by atoms with Gasteiger partial charge in [0.2, 0.25) is 23.0 Å². The number of carbonyl (C=O) groups excluding carboxylic acids is 3. The molecule has 0 radical (unpaired) electrons. The van der Waals surface area contributed by atoms with E-state index in [9.17, 15) is 34.5 Å². The lowest BCUT2D eigenvalue weighted by molar-refractivity contribution is -0.164. The highest BCUT2D eigenvalue weighted by molar-refractivity contribution is 5.88. The fourth-order valence-corrected chi connectivity index (χ4v) is 11.4. The highest BCUT2D eigenvalue weighted by atomic mass is 16.5. The van der Waals surface area contributed by atoms with Crippen LogP contribution in [0.4, 0.5) is 0 Å². The molecule has 14 heteroatoms. The van der Waals surface area contributed by atoms with Gasteiger partial charge in [-0.15, -0.1) is 0 Å². The van der Waals surface area contributed by atoms with Crippen LogP contribution in [0.1, 0.15) is 92.6 Å². The largest absolute Gasteiger partial charge is 0.506 e. The van der Waals surface area contributed by atoms with Gasteiger partial charge in [0.1, 0.15) is 11.5 Å². The molecule has 14 nitrogen and oxygen atoms in total. The van der Waals surface area contributed by atoms with E-state index >= 15 is 0 Å². The zero-order valence-electron chi connectivity index (χ0n) is 41.3. The average molecular weight is 982 g/mol. The number of benzene rings is 4. The predicted molar refractivity (Wildman–Crippen MR) is 275 cm³/mol. The number of piperidine rings is 3. The Balaban J connectivity index is 0.681. The molecule has 3 saturated heterocycles. The van der Waals surface area contributed by atoms with Crippen LogP contribution in [0.2, 0.25) is 0 Å². The number of amides is 2. The number of aromatic hydroxyl groups is 1. The number of phenols is 1. The Kier molecular flexibility index (Phi) is 16.7. The molecule has 1 aromatic heterocycles. The second kappa shape index (κ2) is 23.7. The van der Waals surface area contributed by atoms with Crippen LogP contribution in [-0.4, -0.2) is 118 Å². The van der Waals surface area contributed by atoms with E-state index in [1.165, 1.54) is 17.7 Å². The molecule has 0 spiro atoms. The van der Waals surface area contributed by atoms with Gasteiger partial charge in [0.15, 0.2) is 0 Å². The van der Waals surface area contributed by atoms with Crippen molar-refractivity contribution in [3.63, 3.8) is 0 Å². The van der Waals surface area contributed by atoms with Crippen molar-refractivity contribution < 1.29 is 39.2 Å². The Morgan fingerprint density at radius 3 is 1.90 bits per heavy atom. The quantitative estimate of drug-likeness (QED) is 0.0611. The van der Waals surface area contributed by atoms with Gasteiger partial charge in [0.05, 0.1) is 24.8 Å². The van der Waals surface area contributed by atoms with E-state index in [4.69, 9.17) is 9.47 Å². The smallest absolute Gasteiger partial charge is 0.347 e. The molecule has 5 N–H and O–H groups in total. The standard InChI is InChI=1S/C58H71N5O9/c64-51-20-18-49(50-19-21-53(66)60-54(50)51)52(65)36-59-35-40-24-30-62(31-25-40)55(67)44-14-16-45(17-15-44)56(68)63-32-26-43(27-33-63)38-71-48-13-7-12-47(34-48)58(70,46-10-5-2-6-11-46)57(69)72-39-42-22-28-61(29-23-42)37-41-8-3-1-4-9-41/h1-13,18-21,34,40,42-45,52,59,64-65,70H,14-17,22-33,35-39H2,(H,60,66)/t44-,45-,52-,58-/m0/s1. The molecule has 1 saturated carbocycles. The zero-order chi connectivity index (χ0) is 50.0. The van der Waals surface area contributed by atoms with E-state index in [0.717, 1.165) is 83.8 Å². The Labute approximate surface area is 422 Å². The van der Waals surface area contributed by atoms with E-state index in [1.54, 1.807) is 54.6 Å². The number of esters is 1. The van der Waals surface area contributed by atoms with Gasteiger partial charge in [0.25, 0.3) is 0 Å². The summed E-state index contributed by atoms with van der Waals surface area (Å²) in [6.45, 7) is 7.23. The molecule has 3 aliphatic heterocycles. The third-order valence-electron chi connectivity index (χ3n) is 15.9. The number of fused-ring (bicyclic) bond motifs is 1. The van der Waals surface area contributed by atoms with Gasteiger partial charge in [-0.05, 0) is 143 Å². The first kappa shape index (κ1) is 50.9. The number of carbonyl (C=O) groups is 3. The third-order valence-corrected chi connectivity index (χ3v) is 15.9. The molecular weight excluding hydrogens is 911 g/mol. The SMILES string of the molecule is O=C(OCC1CCN(Cc2ccccc2)CC1)[C@](O)(c1ccccc1)c1cccc(OCC2CCN(C(=O)[C@H]3CC[C@H](C(=O)N4CCC(CNC[C@H](O)c5ccc(O)c6[nH]c(=O)ccc56)CC4)CC3)CC2)c1. The first-order valence-electron chi connectivity index (χ1n) is 26.3. The zero-order valence-corrected chi connectivity index (χ0v) is 41.3. The molecule has 2 amide bonds. The van der Waals surface area contributed by atoms with Crippen molar-refractivity contribution in [2.24, 2.45) is 29.6 Å². The molecule has 4 fully saturated rings. The molecule has 72 heavy (non-hydrogen) atoms. The lowest BCUT2D eigenvalue weighted by Gasteiger charge is -2.38. The molecule has 4 aliphatic rings. The van der Waals surface area contributed by atoms with Crippen molar-refractivity contribution in [3.05, 3.63) is 142 Å². The summed E-state index contributed by atoms with van der Waals surface area (Å²) in [5.41, 5.74) is 0.711. The highest BCUT2D eigenvalue weighted by Crippen LogP contribution is 2.36. The van der Waals surface area contributed by atoms with Crippen LogP contribution in [0.3, 0.4) is 0 Å². The minimum Gasteiger partial charge on any atom is -0.506 e. The maximum Gasteiger partial charge on any atom is 0.347 e. The lowest BCUT2D eigenvalue weighted by atomic mass is 9.80. The monoisotopic (exact) mass is 982 g/mol. The normalized spacial score (nSPS) is 21.0. The van der Waals surface area contributed by atoms with Gasteiger partial charge < -0.3 is 44.9 Å². The fraction of sp³-hybridized carbons (Fsp3) is 0.483. The Hall–Kier alpha value is -6.06. The van der Waals surface area contributed by atoms with Crippen molar-refractivity contribution in [2.75, 3.05) is 65.6 Å². The Bertz CT molecular complexity index is 2650. The van der Waals surface area contributed by atoms with Crippen LogP contribution in [-0.2, 0) is 31.3 Å². The maximum atomic E-state index is 14.0. The molecule has 4 heterocycles. The number of H-pyrrole nitrogens is 1. The summed E-state index contributed by atoms with van der Waals surface area (Å²) in [6, 6.07) is 32.7. The molecule has 9 rings (SSSR count). The molecule has 0 bridgehead atoms. The summed E-state index contributed by atoms with van der Waals surface area (Å²) < 4.78 is 12.3. The molecule has 1 aliphatic carbocycles. The average Bonchev–Trinajstić information content (AvgIpc) is 3.42. The predicted octanol–water partition coefficient (Wildman–Crippen LogP) is 6.91. The number of hydrogen-bond donors (Lipinski definition) is 5. The number of aliphatic hydroxyl groups is 2. The number of pyridine rings is 1. The maximum absolute atomic E-state index is 14.0. The number of rotatable bonds is 17. The number of nitrogens with zero attached hydrogens (tertiary/aromatic N) is 3. The Morgan fingerprint density at radius 1 is 0.667 bits per heavy atom. The van der Waals surface area contributed by atoms with E-state index in [2.05, 4.69) is 39.5 Å². The number of hydrogen-bond acceptors (Lipinski definition) is 11. The van der Waals surface area contributed by atoms with Crippen molar-refractivity contribution in [2.45, 2.75) is 82.5 Å². The van der Waals surface area contributed by atoms with Crippen LogP contribution in [0, 0.1) is 29.6 Å². The third kappa shape index (κ3) is 12.2. The lowest BCUT2D eigenvalue weighted by Crippen LogP contribution is -2.46.